The molecule has 0 saturated heterocycles. The molecule has 26 heavy (non-hydrogen) atoms. The third-order valence-corrected chi connectivity index (χ3v) is 3.32. The first kappa shape index (κ1) is 19.5. The van der Waals surface area contributed by atoms with Crippen molar-refractivity contribution in [3.63, 3.8) is 0 Å². The van der Waals surface area contributed by atoms with Crippen LogP contribution in [0.1, 0.15) is 48.4 Å². The summed E-state index contributed by atoms with van der Waals surface area (Å²) < 4.78 is 16.0. The standard InChI is InChI=1S/C21H24O5/c1-14(2)13-24-18-9-5-17(6-10-18)21(23)26-19-11-7-16(8-12-19)20(22)25-15(3)4/h5-12,14-15H,13H2,1-4H3. The monoisotopic (exact) mass is 356 g/mol. The van der Waals surface area contributed by atoms with Crippen LogP contribution in [0.4, 0.5) is 0 Å². The van der Waals surface area contributed by atoms with Gasteiger partial charge in [0.05, 0.1) is 23.8 Å². The molecule has 2 rings (SSSR count). The lowest BCUT2D eigenvalue weighted by molar-refractivity contribution is 0.0378. The topological polar surface area (TPSA) is 61.8 Å². The van der Waals surface area contributed by atoms with E-state index < -0.39 is 11.9 Å². The van der Waals surface area contributed by atoms with E-state index in [2.05, 4.69) is 13.8 Å². The third kappa shape index (κ3) is 5.92. The molecular weight excluding hydrogens is 332 g/mol. The number of rotatable bonds is 7. The van der Waals surface area contributed by atoms with E-state index in [1.807, 2.05) is 0 Å². The van der Waals surface area contributed by atoms with Crippen molar-refractivity contribution in [2.45, 2.75) is 33.8 Å². The average molecular weight is 356 g/mol. The molecule has 0 unspecified atom stereocenters. The lowest BCUT2D eigenvalue weighted by Crippen LogP contribution is -2.12. The van der Waals surface area contributed by atoms with Gasteiger partial charge in [-0.15, -0.1) is 0 Å². The summed E-state index contributed by atoms with van der Waals surface area (Å²) in [7, 11) is 0. The molecule has 0 saturated carbocycles. The summed E-state index contributed by atoms with van der Waals surface area (Å²) in [5, 5.41) is 0. The number of carbonyl (C=O) groups excluding carboxylic acids is 2. The van der Waals surface area contributed by atoms with E-state index in [0.29, 0.717) is 35.2 Å². The molecule has 2 aromatic rings. The summed E-state index contributed by atoms with van der Waals surface area (Å²) in [5.74, 6) is 0.618. The highest BCUT2D eigenvalue weighted by molar-refractivity contribution is 5.92. The Kier molecular flexibility index (Phi) is 6.78. The van der Waals surface area contributed by atoms with Gasteiger partial charge in [-0.25, -0.2) is 9.59 Å². The molecule has 138 valence electrons. The Hall–Kier alpha value is -2.82. The van der Waals surface area contributed by atoms with Gasteiger partial charge in [-0.2, -0.15) is 0 Å². The van der Waals surface area contributed by atoms with E-state index in [4.69, 9.17) is 14.2 Å². The van der Waals surface area contributed by atoms with Gasteiger partial charge in [0.15, 0.2) is 0 Å². The van der Waals surface area contributed by atoms with E-state index in [-0.39, 0.29) is 6.10 Å². The molecule has 2 aromatic carbocycles. The molecule has 0 aliphatic carbocycles. The van der Waals surface area contributed by atoms with Crippen molar-refractivity contribution in [3.05, 3.63) is 59.7 Å². The SMILES string of the molecule is CC(C)COc1ccc(C(=O)Oc2ccc(C(=O)OC(C)C)cc2)cc1. The van der Waals surface area contributed by atoms with Gasteiger partial charge in [0.2, 0.25) is 0 Å². The van der Waals surface area contributed by atoms with Crippen molar-refractivity contribution in [2.24, 2.45) is 5.92 Å². The molecular formula is C21H24O5. The van der Waals surface area contributed by atoms with Crippen LogP contribution in [0, 0.1) is 5.92 Å². The summed E-state index contributed by atoms with van der Waals surface area (Å²) in [5.41, 5.74) is 0.829. The Morgan fingerprint density at radius 1 is 0.769 bits per heavy atom. The fraction of sp³-hybridized carbons (Fsp3) is 0.333. The van der Waals surface area contributed by atoms with Gasteiger partial charge in [0.25, 0.3) is 0 Å². The number of hydrogen-bond donors (Lipinski definition) is 0. The molecule has 5 heteroatoms. The molecule has 0 atom stereocenters. The first-order valence-corrected chi connectivity index (χ1v) is 8.61. The highest BCUT2D eigenvalue weighted by atomic mass is 16.5. The number of carbonyl (C=O) groups is 2. The van der Waals surface area contributed by atoms with Gasteiger partial charge in [0.1, 0.15) is 11.5 Å². The first-order chi connectivity index (χ1) is 12.3. The van der Waals surface area contributed by atoms with E-state index in [0.717, 1.165) is 0 Å². The van der Waals surface area contributed by atoms with Crippen molar-refractivity contribution < 1.29 is 23.8 Å². The van der Waals surface area contributed by atoms with Crippen LogP contribution in [-0.4, -0.2) is 24.6 Å². The summed E-state index contributed by atoms with van der Waals surface area (Å²) >= 11 is 0. The van der Waals surface area contributed by atoms with Gasteiger partial charge < -0.3 is 14.2 Å². The van der Waals surface area contributed by atoms with Crippen LogP contribution < -0.4 is 9.47 Å². The summed E-state index contributed by atoms with van der Waals surface area (Å²) in [4.78, 5) is 24.0. The molecule has 0 spiro atoms. The number of ether oxygens (including phenoxy) is 3. The molecule has 0 amide bonds. The molecule has 0 fully saturated rings. The van der Waals surface area contributed by atoms with Crippen LogP contribution >= 0.6 is 0 Å². The molecule has 5 nitrogen and oxygen atoms in total. The van der Waals surface area contributed by atoms with Crippen LogP contribution in [0.15, 0.2) is 48.5 Å². The first-order valence-electron chi connectivity index (χ1n) is 8.61. The Labute approximate surface area is 153 Å². The minimum Gasteiger partial charge on any atom is -0.493 e. The maximum Gasteiger partial charge on any atom is 0.343 e. The predicted octanol–water partition coefficient (Wildman–Crippen LogP) is 4.51. The number of benzene rings is 2. The van der Waals surface area contributed by atoms with E-state index in [1.165, 1.54) is 0 Å². The van der Waals surface area contributed by atoms with Crippen LogP contribution in [0.25, 0.3) is 0 Å². The largest absolute Gasteiger partial charge is 0.493 e. The fourth-order valence-electron chi connectivity index (χ4n) is 2.06. The minimum absolute atomic E-state index is 0.188. The van der Waals surface area contributed by atoms with Gasteiger partial charge in [-0.05, 0) is 68.3 Å². The zero-order valence-electron chi connectivity index (χ0n) is 15.5. The van der Waals surface area contributed by atoms with Crippen molar-refractivity contribution in [1.29, 1.82) is 0 Å². The molecule has 0 aliphatic rings. The lowest BCUT2D eigenvalue weighted by atomic mass is 10.2. The number of hydrogen-bond acceptors (Lipinski definition) is 5. The summed E-state index contributed by atoms with van der Waals surface area (Å²) in [6.45, 7) is 8.33. The van der Waals surface area contributed by atoms with E-state index in [9.17, 15) is 9.59 Å². The quantitative estimate of drug-likeness (QED) is 0.540. The second kappa shape index (κ2) is 9.04. The van der Waals surface area contributed by atoms with Crippen LogP contribution in [0.3, 0.4) is 0 Å². The molecule has 0 aromatic heterocycles. The third-order valence-electron chi connectivity index (χ3n) is 3.32. The lowest BCUT2D eigenvalue weighted by Gasteiger charge is -2.10. The molecule has 0 bridgehead atoms. The van der Waals surface area contributed by atoms with Gasteiger partial charge >= 0.3 is 11.9 Å². The summed E-state index contributed by atoms with van der Waals surface area (Å²) in [6.07, 6.45) is -0.188. The van der Waals surface area contributed by atoms with Crippen molar-refractivity contribution in [1.82, 2.24) is 0 Å². The van der Waals surface area contributed by atoms with Gasteiger partial charge in [-0.3, -0.25) is 0 Å². The maximum atomic E-state index is 12.2. The smallest absolute Gasteiger partial charge is 0.343 e. The van der Waals surface area contributed by atoms with Crippen LogP contribution in [0.5, 0.6) is 11.5 Å². The number of esters is 2. The Balaban J connectivity index is 1.95. The summed E-state index contributed by atoms with van der Waals surface area (Å²) in [6, 6.07) is 13.1. The van der Waals surface area contributed by atoms with Gasteiger partial charge in [0, 0.05) is 0 Å². The molecule has 0 radical (unpaired) electrons. The fourth-order valence-corrected chi connectivity index (χ4v) is 2.06. The van der Waals surface area contributed by atoms with Gasteiger partial charge in [-0.1, -0.05) is 13.8 Å². The van der Waals surface area contributed by atoms with E-state index >= 15 is 0 Å². The van der Waals surface area contributed by atoms with E-state index in [1.54, 1.807) is 62.4 Å². The zero-order valence-corrected chi connectivity index (χ0v) is 15.5. The van der Waals surface area contributed by atoms with Crippen molar-refractivity contribution >= 4 is 11.9 Å². The molecule has 0 aliphatic heterocycles. The Morgan fingerprint density at radius 2 is 1.27 bits per heavy atom. The maximum absolute atomic E-state index is 12.2. The second-order valence-electron chi connectivity index (χ2n) is 6.60. The van der Waals surface area contributed by atoms with Crippen molar-refractivity contribution in [2.75, 3.05) is 6.61 Å². The van der Waals surface area contributed by atoms with Crippen LogP contribution in [0.2, 0.25) is 0 Å². The van der Waals surface area contributed by atoms with Crippen LogP contribution in [-0.2, 0) is 4.74 Å². The van der Waals surface area contributed by atoms with Crippen molar-refractivity contribution in [3.8, 4) is 11.5 Å². The highest BCUT2D eigenvalue weighted by Gasteiger charge is 2.12. The Morgan fingerprint density at radius 3 is 1.77 bits per heavy atom. The second-order valence-corrected chi connectivity index (χ2v) is 6.60. The minimum atomic E-state index is -0.474. The Bertz CT molecular complexity index is 730. The zero-order chi connectivity index (χ0) is 19.1. The predicted molar refractivity (Wildman–Crippen MR) is 98.7 cm³/mol. The molecule has 0 heterocycles. The normalized spacial score (nSPS) is 10.7. The molecule has 0 N–H and O–H groups in total. The highest BCUT2D eigenvalue weighted by Crippen LogP contribution is 2.17. The average Bonchev–Trinajstić information content (AvgIpc) is 2.60.